The number of hydrogen-bond acceptors (Lipinski definition) is 3. The molecule has 2 N–H and O–H groups in total. The Morgan fingerprint density at radius 3 is 2.47 bits per heavy atom. The summed E-state index contributed by atoms with van der Waals surface area (Å²) in [4.78, 5) is 24.3. The van der Waals surface area contributed by atoms with E-state index in [0.29, 0.717) is 19.4 Å². The molecule has 1 aliphatic heterocycles. The predicted molar refractivity (Wildman–Crippen MR) is 107 cm³/mol. The molecule has 0 saturated carbocycles. The maximum absolute atomic E-state index is 13.5. The monoisotopic (exact) mass is 420 g/mol. The van der Waals surface area contributed by atoms with E-state index in [1.807, 2.05) is 31.2 Å². The van der Waals surface area contributed by atoms with Crippen molar-refractivity contribution in [1.29, 1.82) is 0 Å². The van der Waals surface area contributed by atoms with Gasteiger partial charge >= 0.3 is 6.18 Å². The van der Waals surface area contributed by atoms with Crippen molar-refractivity contribution in [2.75, 3.05) is 17.2 Å². The zero-order valence-electron chi connectivity index (χ0n) is 16.5. The van der Waals surface area contributed by atoms with Crippen LogP contribution in [0.25, 0.3) is 0 Å². The Kier molecular flexibility index (Phi) is 6.77. The lowest BCUT2D eigenvalue weighted by molar-refractivity contribution is -0.137. The smallest absolute Gasteiger partial charge is 0.368 e. The molecule has 0 aliphatic carbocycles. The van der Waals surface area contributed by atoms with E-state index >= 15 is 0 Å². The molecule has 1 aliphatic rings. The Bertz CT molecular complexity index is 905. The van der Waals surface area contributed by atoms with Crippen molar-refractivity contribution in [3.63, 3.8) is 0 Å². The quantitative estimate of drug-likeness (QED) is 0.712. The van der Waals surface area contributed by atoms with Crippen molar-refractivity contribution in [2.24, 2.45) is 0 Å². The van der Waals surface area contributed by atoms with Crippen molar-refractivity contribution in [3.8, 4) is 0 Å². The maximum atomic E-state index is 13.5. The fourth-order valence-electron chi connectivity index (χ4n) is 3.20. The zero-order valence-corrected chi connectivity index (χ0v) is 16.5. The fourth-order valence-corrected chi connectivity index (χ4v) is 3.20. The molecule has 0 radical (unpaired) electrons. The van der Waals surface area contributed by atoms with Crippen LogP contribution in [0.4, 0.5) is 24.5 Å². The largest absolute Gasteiger partial charge is 0.418 e. The van der Waals surface area contributed by atoms with Gasteiger partial charge < -0.3 is 15.4 Å². The second-order valence-electron chi connectivity index (χ2n) is 7.28. The van der Waals surface area contributed by atoms with Crippen molar-refractivity contribution in [2.45, 2.75) is 44.9 Å². The van der Waals surface area contributed by atoms with Crippen LogP contribution in [0.15, 0.2) is 42.5 Å². The molecule has 1 unspecified atom stereocenters. The molecule has 0 bridgehead atoms. The fraction of sp³-hybridized carbons (Fsp3) is 0.364. The third kappa shape index (κ3) is 5.82. The molecule has 30 heavy (non-hydrogen) atoms. The SMILES string of the molecule is Cc1ccc(CCC(=O)Nc2ccc(NC(=O)C3CCCO3)cc2C(F)(F)F)cc1. The van der Waals surface area contributed by atoms with E-state index in [1.165, 1.54) is 6.07 Å². The molecule has 1 atom stereocenters. The van der Waals surface area contributed by atoms with Crippen LogP contribution in [0.2, 0.25) is 0 Å². The molecule has 0 aromatic heterocycles. The number of aryl methyl sites for hydroxylation is 2. The standard InChI is InChI=1S/C22H23F3N2O3/c1-14-4-6-15(7-5-14)8-11-20(28)27-18-10-9-16(13-17(18)22(23,24)25)26-21(29)19-3-2-12-30-19/h4-7,9-10,13,19H,2-3,8,11-12H2,1H3,(H,26,29)(H,27,28). The Hall–Kier alpha value is -2.87. The minimum Gasteiger partial charge on any atom is -0.368 e. The highest BCUT2D eigenvalue weighted by Gasteiger charge is 2.34. The van der Waals surface area contributed by atoms with Crippen LogP contribution >= 0.6 is 0 Å². The summed E-state index contributed by atoms with van der Waals surface area (Å²) in [5.41, 5.74) is 0.659. The lowest BCUT2D eigenvalue weighted by atomic mass is 10.1. The molecule has 0 spiro atoms. The van der Waals surface area contributed by atoms with Gasteiger partial charge in [0.2, 0.25) is 5.91 Å². The average Bonchev–Trinajstić information content (AvgIpc) is 3.23. The molecule has 3 rings (SSSR count). The van der Waals surface area contributed by atoms with Gasteiger partial charge in [-0.1, -0.05) is 29.8 Å². The number of halogens is 3. The molecule has 1 saturated heterocycles. The highest BCUT2D eigenvalue weighted by atomic mass is 19.4. The number of alkyl halides is 3. The molecule has 8 heteroatoms. The van der Waals surface area contributed by atoms with Crippen molar-refractivity contribution >= 4 is 23.2 Å². The number of amides is 2. The normalized spacial score (nSPS) is 16.3. The Morgan fingerprint density at radius 2 is 1.83 bits per heavy atom. The highest BCUT2D eigenvalue weighted by molar-refractivity contribution is 5.96. The van der Waals surface area contributed by atoms with Gasteiger partial charge in [-0.3, -0.25) is 9.59 Å². The number of anilines is 2. The summed E-state index contributed by atoms with van der Waals surface area (Å²) in [7, 11) is 0. The van der Waals surface area contributed by atoms with Gasteiger partial charge in [-0.25, -0.2) is 0 Å². The van der Waals surface area contributed by atoms with Gasteiger partial charge in [-0.15, -0.1) is 0 Å². The second kappa shape index (κ2) is 9.30. The number of nitrogens with one attached hydrogen (secondary N) is 2. The highest BCUT2D eigenvalue weighted by Crippen LogP contribution is 2.37. The number of carbonyl (C=O) groups excluding carboxylic acids is 2. The van der Waals surface area contributed by atoms with Gasteiger partial charge in [-0.05, 0) is 49.9 Å². The van der Waals surface area contributed by atoms with Crippen LogP contribution in [0, 0.1) is 6.92 Å². The average molecular weight is 420 g/mol. The van der Waals surface area contributed by atoms with Gasteiger partial charge in [-0.2, -0.15) is 13.2 Å². The van der Waals surface area contributed by atoms with Gasteiger partial charge in [0.1, 0.15) is 6.10 Å². The Morgan fingerprint density at radius 1 is 1.10 bits per heavy atom. The molecule has 5 nitrogen and oxygen atoms in total. The van der Waals surface area contributed by atoms with E-state index in [0.717, 1.165) is 29.7 Å². The van der Waals surface area contributed by atoms with Crippen LogP contribution in [-0.2, 0) is 26.9 Å². The van der Waals surface area contributed by atoms with Crippen LogP contribution in [0.3, 0.4) is 0 Å². The van der Waals surface area contributed by atoms with Crippen molar-refractivity contribution in [3.05, 3.63) is 59.2 Å². The van der Waals surface area contributed by atoms with Crippen LogP contribution in [0.5, 0.6) is 0 Å². The summed E-state index contributed by atoms with van der Waals surface area (Å²) in [6, 6.07) is 10.9. The minimum absolute atomic E-state index is 0.000444. The van der Waals surface area contributed by atoms with E-state index in [4.69, 9.17) is 4.74 Å². The molecule has 160 valence electrons. The summed E-state index contributed by atoms with van der Waals surface area (Å²) in [5.74, 6) is -0.993. The van der Waals surface area contributed by atoms with E-state index < -0.39 is 29.7 Å². The first-order valence-corrected chi connectivity index (χ1v) is 9.71. The van der Waals surface area contributed by atoms with Crippen molar-refractivity contribution < 1.29 is 27.5 Å². The first-order valence-electron chi connectivity index (χ1n) is 9.71. The van der Waals surface area contributed by atoms with E-state index in [2.05, 4.69) is 10.6 Å². The van der Waals surface area contributed by atoms with E-state index in [9.17, 15) is 22.8 Å². The zero-order chi connectivity index (χ0) is 21.7. The molecular weight excluding hydrogens is 397 g/mol. The van der Waals surface area contributed by atoms with Crippen LogP contribution in [0.1, 0.15) is 36.0 Å². The number of hydrogen-bond donors (Lipinski definition) is 2. The van der Waals surface area contributed by atoms with Gasteiger partial charge in [0.05, 0.1) is 11.3 Å². The number of rotatable bonds is 6. The third-order valence-corrected chi connectivity index (χ3v) is 4.85. The summed E-state index contributed by atoms with van der Waals surface area (Å²) >= 11 is 0. The van der Waals surface area contributed by atoms with E-state index in [-0.39, 0.29) is 17.8 Å². The first kappa shape index (κ1) is 21.8. The third-order valence-electron chi connectivity index (χ3n) is 4.85. The number of benzene rings is 2. The van der Waals surface area contributed by atoms with Gasteiger partial charge in [0, 0.05) is 18.7 Å². The van der Waals surface area contributed by atoms with Crippen LogP contribution < -0.4 is 10.6 Å². The number of carbonyl (C=O) groups is 2. The molecule has 2 aromatic carbocycles. The Labute approximate surface area is 172 Å². The summed E-state index contributed by atoms with van der Waals surface area (Å²) < 4.78 is 45.8. The van der Waals surface area contributed by atoms with E-state index in [1.54, 1.807) is 0 Å². The summed E-state index contributed by atoms with van der Waals surface area (Å²) in [6.45, 7) is 2.40. The first-order chi connectivity index (χ1) is 14.2. The molecule has 1 fully saturated rings. The molecule has 2 aromatic rings. The second-order valence-corrected chi connectivity index (χ2v) is 7.28. The molecule has 2 amide bonds. The topological polar surface area (TPSA) is 67.4 Å². The summed E-state index contributed by atoms with van der Waals surface area (Å²) in [6.07, 6.45) is -3.60. The minimum atomic E-state index is -4.69. The maximum Gasteiger partial charge on any atom is 0.418 e. The molecule has 1 heterocycles. The number of ether oxygens (including phenoxy) is 1. The van der Waals surface area contributed by atoms with Crippen molar-refractivity contribution in [1.82, 2.24) is 0 Å². The lowest BCUT2D eigenvalue weighted by Crippen LogP contribution is -2.27. The van der Waals surface area contributed by atoms with Gasteiger partial charge in [0.15, 0.2) is 0 Å². The van der Waals surface area contributed by atoms with Gasteiger partial charge in [0.25, 0.3) is 5.91 Å². The Balaban J connectivity index is 1.67. The van der Waals surface area contributed by atoms with Crippen LogP contribution in [-0.4, -0.2) is 24.5 Å². The lowest BCUT2D eigenvalue weighted by Gasteiger charge is -2.17. The predicted octanol–water partition coefficient (Wildman–Crippen LogP) is 4.70. The molecular formula is C22H23F3N2O3. The summed E-state index contributed by atoms with van der Waals surface area (Å²) in [5, 5.41) is 4.79.